The average Bonchev–Trinajstić information content (AvgIpc) is 2.87. The van der Waals surface area contributed by atoms with Crippen LogP contribution in [0.5, 0.6) is 0 Å². The summed E-state index contributed by atoms with van der Waals surface area (Å²) >= 11 is 0. The predicted molar refractivity (Wildman–Crippen MR) is 121 cm³/mol. The molecule has 1 N–H and O–H groups in total. The highest BCUT2D eigenvalue weighted by Crippen LogP contribution is 2.42. The molecule has 4 heteroatoms. The van der Waals surface area contributed by atoms with Crippen LogP contribution in [0.2, 0.25) is 0 Å². The molecule has 1 heterocycles. The SMILES string of the molecule is C=CC([O])C(OC(c1ccccc1)(c1ccccc1)c1ccccc1)C1CNCCO1. The molecule has 1 aliphatic heterocycles. The van der Waals surface area contributed by atoms with Crippen molar-refractivity contribution in [1.82, 2.24) is 5.32 Å². The molecule has 1 saturated heterocycles. The Bertz CT molecular complexity index is 843. The van der Waals surface area contributed by atoms with E-state index in [0.717, 1.165) is 23.2 Å². The maximum Gasteiger partial charge on any atom is 0.144 e. The van der Waals surface area contributed by atoms with Gasteiger partial charge in [0.2, 0.25) is 0 Å². The van der Waals surface area contributed by atoms with Crippen molar-refractivity contribution < 1.29 is 14.6 Å². The van der Waals surface area contributed by atoms with Crippen LogP contribution in [0.3, 0.4) is 0 Å². The number of nitrogens with one attached hydrogen (secondary N) is 1. The van der Waals surface area contributed by atoms with Gasteiger partial charge in [0.05, 0.1) is 12.7 Å². The van der Waals surface area contributed by atoms with E-state index in [2.05, 4.69) is 11.9 Å². The third-order valence-corrected chi connectivity index (χ3v) is 5.73. The Labute approximate surface area is 184 Å². The summed E-state index contributed by atoms with van der Waals surface area (Å²) in [5, 5.41) is 16.4. The van der Waals surface area contributed by atoms with Gasteiger partial charge < -0.3 is 14.8 Å². The van der Waals surface area contributed by atoms with E-state index in [0.29, 0.717) is 13.2 Å². The second kappa shape index (κ2) is 10.0. The van der Waals surface area contributed by atoms with Gasteiger partial charge in [-0.3, -0.25) is 0 Å². The van der Waals surface area contributed by atoms with Gasteiger partial charge in [-0.1, -0.05) is 97.1 Å². The summed E-state index contributed by atoms with van der Waals surface area (Å²) in [6, 6.07) is 30.2. The van der Waals surface area contributed by atoms with Gasteiger partial charge in [0.15, 0.2) is 0 Å². The lowest BCUT2D eigenvalue weighted by molar-refractivity contribution is -0.169. The van der Waals surface area contributed by atoms with Gasteiger partial charge in [-0.2, -0.15) is 0 Å². The summed E-state index contributed by atoms with van der Waals surface area (Å²) in [5.41, 5.74) is 1.90. The third-order valence-electron chi connectivity index (χ3n) is 5.73. The summed E-state index contributed by atoms with van der Waals surface area (Å²) in [6.45, 7) is 5.63. The Hall–Kier alpha value is -2.76. The fourth-order valence-corrected chi connectivity index (χ4v) is 4.21. The van der Waals surface area contributed by atoms with Gasteiger partial charge in [0.25, 0.3) is 0 Å². The second-order valence-corrected chi connectivity index (χ2v) is 7.68. The van der Waals surface area contributed by atoms with Crippen LogP contribution in [-0.2, 0) is 20.2 Å². The fourth-order valence-electron chi connectivity index (χ4n) is 4.21. The first-order chi connectivity index (χ1) is 15.3. The fraction of sp³-hybridized carbons (Fsp3) is 0.259. The van der Waals surface area contributed by atoms with Crippen LogP contribution in [0.4, 0.5) is 0 Å². The van der Waals surface area contributed by atoms with E-state index in [1.165, 1.54) is 6.08 Å². The number of benzene rings is 3. The maximum atomic E-state index is 13.1. The Morgan fingerprint density at radius 2 is 1.39 bits per heavy atom. The quantitative estimate of drug-likeness (QED) is 0.441. The third kappa shape index (κ3) is 4.48. The van der Waals surface area contributed by atoms with Crippen LogP contribution in [0, 0.1) is 0 Å². The number of rotatable bonds is 8. The first kappa shape index (κ1) is 21.5. The largest absolute Gasteiger partial charge is 0.373 e. The van der Waals surface area contributed by atoms with E-state index in [-0.39, 0.29) is 6.10 Å². The highest BCUT2D eigenvalue weighted by Gasteiger charge is 2.44. The zero-order valence-corrected chi connectivity index (χ0v) is 17.5. The van der Waals surface area contributed by atoms with Gasteiger partial charge in [-0.05, 0) is 16.7 Å². The molecule has 3 aromatic carbocycles. The van der Waals surface area contributed by atoms with Crippen molar-refractivity contribution in [1.29, 1.82) is 0 Å². The topological polar surface area (TPSA) is 50.4 Å². The van der Waals surface area contributed by atoms with E-state index in [1.54, 1.807) is 0 Å². The molecule has 0 aromatic heterocycles. The monoisotopic (exact) mass is 414 g/mol. The van der Waals surface area contributed by atoms with Crippen LogP contribution >= 0.6 is 0 Å². The van der Waals surface area contributed by atoms with Crippen LogP contribution in [-0.4, -0.2) is 38.0 Å². The molecular formula is C27H28NO3. The zero-order valence-electron chi connectivity index (χ0n) is 17.5. The van der Waals surface area contributed by atoms with Crippen molar-refractivity contribution in [2.75, 3.05) is 19.7 Å². The lowest BCUT2D eigenvalue weighted by Gasteiger charge is -2.42. The zero-order chi connectivity index (χ0) is 21.5. The summed E-state index contributed by atoms with van der Waals surface area (Å²) in [6.07, 6.45) is -0.829. The average molecular weight is 415 g/mol. The van der Waals surface area contributed by atoms with Gasteiger partial charge in [0.1, 0.15) is 17.8 Å². The maximum absolute atomic E-state index is 13.1. The summed E-state index contributed by atoms with van der Waals surface area (Å²) in [7, 11) is 0. The summed E-state index contributed by atoms with van der Waals surface area (Å²) in [4.78, 5) is 0. The van der Waals surface area contributed by atoms with Crippen LogP contribution in [0.15, 0.2) is 104 Å². The van der Waals surface area contributed by atoms with E-state index in [9.17, 15) is 5.11 Å². The smallest absolute Gasteiger partial charge is 0.144 e. The number of hydrogen-bond acceptors (Lipinski definition) is 3. The molecule has 0 bridgehead atoms. The summed E-state index contributed by atoms with van der Waals surface area (Å²) < 4.78 is 12.9. The molecule has 4 rings (SSSR count). The van der Waals surface area contributed by atoms with Crippen molar-refractivity contribution in [2.45, 2.75) is 23.9 Å². The number of morpholine rings is 1. The minimum absolute atomic E-state index is 0.371. The molecule has 4 nitrogen and oxygen atoms in total. The minimum Gasteiger partial charge on any atom is -0.373 e. The Balaban J connectivity index is 1.91. The molecule has 0 amide bonds. The normalized spacial score (nSPS) is 18.8. The first-order valence-corrected chi connectivity index (χ1v) is 10.7. The Kier molecular flexibility index (Phi) is 6.95. The molecule has 3 aromatic rings. The van der Waals surface area contributed by atoms with Gasteiger partial charge in [-0.15, -0.1) is 6.58 Å². The number of hydrogen-bond donors (Lipinski definition) is 1. The molecule has 0 spiro atoms. The van der Waals surface area contributed by atoms with Gasteiger partial charge in [0, 0.05) is 13.1 Å². The van der Waals surface area contributed by atoms with Crippen molar-refractivity contribution in [3.63, 3.8) is 0 Å². The van der Waals surface area contributed by atoms with E-state index in [1.807, 2.05) is 91.0 Å². The molecule has 3 atom stereocenters. The van der Waals surface area contributed by atoms with Crippen molar-refractivity contribution >= 4 is 0 Å². The van der Waals surface area contributed by atoms with E-state index >= 15 is 0 Å². The standard InChI is InChI=1S/C27H28NO3/c1-2-24(29)26(25-20-28-18-19-30-25)31-27(21-12-6-3-7-13-21,22-14-8-4-9-15-22)23-16-10-5-11-17-23/h2-17,24-26,28H,1,18-20H2. The number of ether oxygens (including phenoxy) is 2. The van der Waals surface area contributed by atoms with Crippen molar-refractivity contribution in [2.24, 2.45) is 0 Å². The second-order valence-electron chi connectivity index (χ2n) is 7.68. The molecule has 0 saturated carbocycles. The van der Waals surface area contributed by atoms with Crippen LogP contribution in [0.1, 0.15) is 16.7 Å². The van der Waals surface area contributed by atoms with Gasteiger partial charge in [-0.25, -0.2) is 5.11 Å². The van der Waals surface area contributed by atoms with E-state index < -0.39 is 17.8 Å². The predicted octanol–water partition coefficient (Wildman–Crippen LogP) is 4.34. The molecule has 31 heavy (non-hydrogen) atoms. The molecule has 1 aliphatic rings. The Morgan fingerprint density at radius 3 is 1.77 bits per heavy atom. The molecule has 3 unspecified atom stereocenters. The van der Waals surface area contributed by atoms with Crippen molar-refractivity contribution in [3.05, 3.63) is 120 Å². The van der Waals surface area contributed by atoms with E-state index in [4.69, 9.17) is 9.47 Å². The van der Waals surface area contributed by atoms with Crippen molar-refractivity contribution in [3.8, 4) is 0 Å². The highest BCUT2D eigenvalue weighted by molar-refractivity contribution is 5.47. The van der Waals surface area contributed by atoms with Crippen LogP contribution < -0.4 is 5.32 Å². The lowest BCUT2D eigenvalue weighted by atomic mass is 9.79. The highest BCUT2D eigenvalue weighted by atomic mass is 16.6. The Morgan fingerprint density at radius 1 is 0.903 bits per heavy atom. The van der Waals surface area contributed by atoms with Gasteiger partial charge >= 0.3 is 0 Å². The lowest BCUT2D eigenvalue weighted by Crippen LogP contribution is -2.53. The first-order valence-electron chi connectivity index (χ1n) is 10.7. The molecule has 0 aliphatic carbocycles. The summed E-state index contributed by atoms with van der Waals surface area (Å²) in [5.74, 6) is 0. The molecular weight excluding hydrogens is 386 g/mol. The minimum atomic E-state index is -1.14. The molecule has 1 radical (unpaired) electrons. The molecule has 1 fully saturated rings. The molecule has 159 valence electrons. The van der Waals surface area contributed by atoms with Crippen LogP contribution in [0.25, 0.3) is 0 Å².